The molecule has 0 atom stereocenters. The fraction of sp³-hybridized carbons (Fsp3) is 0.120. The van der Waals surface area contributed by atoms with E-state index in [1.54, 1.807) is 20.4 Å². The Hall–Kier alpha value is -3.86. The summed E-state index contributed by atoms with van der Waals surface area (Å²) in [4.78, 5) is 9.09. The van der Waals surface area contributed by atoms with E-state index in [1.807, 2.05) is 79.7 Å². The number of hydrogen-bond donors (Lipinski definition) is 0. The normalized spacial score (nSPS) is 11.0. The Morgan fingerprint density at radius 2 is 1.53 bits per heavy atom. The van der Waals surface area contributed by atoms with Crippen LogP contribution >= 0.6 is 0 Å². The molecule has 0 saturated heterocycles. The molecule has 0 bridgehead atoms. The van der Waals surface area contributed by atoms with Crippen molar-refractivity contribution in [3.63, 3.8) is 0 Å². The van der Waals surface area contributed by atoms with Crippen molar-refractivity contribution in [3.05, 3.63) is 83.8 Å². The first-order valence-corrected chi connectivity index (χ1v) is 9.57. The molecule has 0 spiro atoms. The van der Waals surface area contributed by atoms with Crippen molar-refractivity contribution in [2.75, 3.05) is 14.2 Å². The Labute approximate surface area is 175 Å². The summed E-state index contributed by atoms with van der Waals surface area (Å²) in [6.45, 7) is 1.96. The third-order valence-corrected chi connectivity index (χ3v) is 4.69. The number of rotatable bonds is 6. The molecule has 2 heterocycles. The van der Waals surface area contributed by atoms with Crippen LogP contribution in [0.4, 0.5) is 0 Å². The molecular weight excluding hydrogens is 376 g/mol. The molecule has 5 heteroatoms. The molecule has 0 amide bonds. The number of hydrogen-bond acceptors (Lipinski definition) is 5. The predicted molar refractivity (Wildman–Crippen MR) is 119 cm³/mol. The topological polar surface area (TPSA) is 53.5 Å². The summed E-state index contributed by atoms with van der Waals surface area (Å²) in [6, 6.07) is 19.5. The lowest BCUT2D eigenvalue weighted by Crippen LogP contribution is -1.95. The van der Waals surface area contributed by atoms with E-state index >= 15 is 0 Å². The summed E-state index contributed by atoms with van der Waals surface area (Å²) in [5, 5.41) is 0.828. The van der Waals surface area contributed by atoms with Gasteiger partial charge in [0, 0.05) is 23.3 Å². The molecule has 0 N–H and O–H groups in total. The highest BCUT2D eigenvalue weighted by Crippen LogP contribution is 2.37. The van der Waals surface area contributed by atoms with E-state index in [-0.39, 0.29) is 0 Å². The van der Waals surface area contributed by atoms with Gasteiger partial charge in [0.2, 0.25) is 0 Å². The number of fused-ring (bicyclic) bond motifs is 1. The van der Waals surface area contributed by atoms with E-state index in [1.165, 1.54) is 0 Å². The molecule has 0 aliphatic heterocycles. The summed E-state index contributed by atoms with van der Waals surface area (Å²) < 4.78 is 17.1. The highest BCUT2D eigenvalue weighted by Gasteiger charge is 2.13. The first-order chi connectivity index (χ1) is 14.7. The maximum Gasteiger partial charge on any atom is 0.162 e. The largest absolute Gasteiger partial charge is 0.493 e. The monoisotopic (exact) mass is 398 g/mol. The second-order valence-electron chi connectivity index (χ2n) is 6.72. The molecule has 0 aliphatic carbocycles. The van der Waals surface area contributed by atoms with Crippen molar-refractivity contribution in [2.24, 2.45) is 0 Å². The average molecular weight is 398 g/mol. The van der Waals surface area contributed by atoms with Gasteiger partial charge in [0.1, 0.15) is 11.4 Å². The third-order valence-electron chi connectivity index (χ3n) is 4.69. The van der Waals surface area contributed by atoms with Gasteiger partial charge in [-0.05, 0) is 42.8 Å². The van der Waals surface area contributed by atoms with Crippen LogP contribution in [0.2, 0.25) is 0 Å². The van der Waals surface area contributed by atoms with Gasteiger partial charge >= 0.3 is 0 Å². The van der Waals surface area contributed by atoms with E-state index < -0.39 is 0 Å². The Kier molecular flexibility index (Phi) is 5.61. The Bertz CT molecular complexity index is 1200. The molecule has 2 aromatic carbocycles. The van der Waals surface area contributed by atoms with Crippen molar-refractivity contribution < 1.29 is 14.2 Å². The SMILES string of the molecule is COc1cc2nccc(Oc3ccc(C)nc3C=Cc3ccccc3)c2cc1OC. The predicted octanol–water partition coefficient (Wildman–Crippen LogP) is 5.92. The second kappa shape index (κ2) is 8.66. The van der Waals surface area contributed by atoms with Gasteiger partial charge in [-0.15, -0.1) is 0 Å². The lowest BCUT2D eigenvalue weighted by molar-refractivity contribution is 0.355. The van der Waals surface area contributed by atoms with Crippen LogP contribution in [0.15, 0.2) is 66.9 Å². The van der Waals surface area contributed by atoms with E-state index in [9.17, 15) is 0 Å². The lowest BCUT2D eigenvalue weighted by Gasteiger charge is -2.13. The van der Waals surface area contributed by atoms with Gasteiger partial charge < -0.3 is 14.2 Å². The van der Waals surface area contributed by atoms with Crippen molar-refractivity contribution in [3.8, 4) is 23.0 Å². The van der Waals surface area contributed by atoms with Crippen LogP contribution in [0.25, 0.3) is 23.1 Å². The number of aryl methyl sites for hydroxylation is 1. The number of pyridine rings is 2. The van der Waals surface area contributed by atoms with Crippen molar-refractivity contribution in [2.45, 2.75) is 6.92 Å². The first kappa shape index (κ1) is 19.5. The van der Waals surface area contributed by atoms with Crippen molar-refractivity contribution in [1.82, 2.24) is 9.97 Å². The van der Waals surface area contributed by atoms with Crippen LogP contribution in [-0.2, 0) is 0 Å². The van der Waals surface area contributed by atoms with E-state index in [2.05, 4.69) is 9.97 Å². The Morgan fingerprint density at radius 3 is 2.30 bits per heavy atom. The Balaban J connectivity index is 1.74. The number of nitrogens with zero attached hydrogens (tertiary/aromatic N) is 2. The zero-order valence-corrected chi connectivity index (χ0v) is 17.1. The van der Waals surface area contributed by atoms with Crippen LogP contribution in [0.1, 0.15) is 17.0 Å². The summed E-state index contributed by atoms with van der Waals surface area (Å²) in [6.07, 6.45) is 5.70. The first-order valence-electron chi connectivity index (χ1n) is 9.57. The zero-order valence-electron chi connectivity index (χ0n) is 17.1. The van der Waals surface area contributed by atoms with Crippen molar-refractivity contribution >= 4 is 23.1 Å². The molecule has 2 aromatic heterocycles. The summed E-state index contributed by atoms with van der Waals surface area (Å²) in [5.41, 5.74) is 3.52. The van der Waals surface area contributed by atoms with E-state index in [4.69, 9.17) is 14.2 Å². The molecule has 0 fully saturated rings. The van der Waals surface area contributed by atoms with Gasteiger partial charge in [0.05, 0.1) is 19.7 Å². The highest BCUT2D eigenvalue weighted by atomic mass is 16.5. The van der Waals surface area contributed by atoms with Crippen LogP contribution < -0.4 is 14.2 Å². The minimum Gasteiger partial charge on any atom is -0.493 e. The van der Waals surface area contributed by atoms with Gasteiger partial charge in [0.15, 0.2) is 17.2 Å². The van der Waals surface area contributed by atoms with Gasteiger partial charge in [-0.3, -0.25) is 4.98 Å². The molecule has 0 radical (unpaired) electrons. The summed E-state index contributed by atoms with van der Waals surface area (Å²) >= 11 is 0. The lowest BCUT2D eigenvalue weighted by atomic mass is 10.1. The second-order valence-corrected chi connectivity index (χ2v) is 6.72. The van der Waals surface area contributed by atoms with Crippen LogP contribution in [0.3, 0.4) is 0 Å². The smallest absolute Gasteiger partial charge is 0.162 e. The van der Waals surface area contributed by atoms with Gasteiger partial charge in [-0.2, -0.15) is 0 Å². The summed E-state index contributed by atoms with van der Waals surface area (Å²) in [7, 11) is 3.21. The maximum absolute atomic E-state index is 6.29. The molecule has 4 aromatic rings. The van der Waals surface area contributed by atoms with Crippen LogP contribution in [-0.4, -0.2) is 24.2 Å². The molecule has 30 heavy (non-hydrogen) atoms. The van der Waals surface area contributed by atoms with Gasteiger partial charge in [0.25, 0.3) is 0 Å². The van der Waals surface area contributed by atoms with E-state index in [0.717, 1.165) is 27.9 Å². The fourth-order valence-corrected chi connectivity index (χ4v) is 3.16. The molecular formula is C25H22N2O3. The highest BCUT2D eigenvalue weighted by molar-refractivity contribution is 5.88. The minimum atomic E-state index is 0.620. The molecule has 0 aliphatic rings. The third kappa shape index (κ3) is 4.10. The minimum absolute atomic E-state index is 0.620. The van der Waals surface area contributed by atoms with Gasteiger partial charge in [-0.1, -0.05) is 36.4 Å². The maximum atomic E-state index is 6.29. The number of ether oxygens (including phenoxy) is 3. The standard InChI is InChI=1S/C25H22N2O3/c1-17-9-12-23(20(27-17)11-10-18-7-5-4-6-8-18)30-22-13-14-26-21-16-25(29-3)24(28-2)15-19(21)22/h4-16H,1-3H3. The average Bonchev–Trinajstić information content (AvgIpc) is 2.79. The molecule has 150 valence electrons. The zero-order chi connectivity index (χ0) is 20.9. The molecule has 5 nitrogen and oxygen atoms in total. The van der Waals surface area contributed by atoms with Gasteiger partial charge in [-0.25, -0.2) is 4.98 Å². The quantitative estimate of drug-likeness (QED) is 0.404. The van der Waals surface area contributed by atoms with E-state index in [0.29, 0.717) is 23.0 Å². The number of aromatic nitrogens is 2. The van der Waals surface area contributed by atoms with Crippen LogP contribution in [0.5, 0.6) is 23.0 Å². The summed E-state index contributed by atoms with van der Waals surface area (Å²) in [5.74, 6) is 2.57. The molecule has 0 unspecified atom stereocenters. The molecule has 4 rings (SSSR count). The fourth-order valence-electron chi connectivity index (χ4n) is 3.16. The van der Waals surface area contributed by atoms with Crippen molar-refractivity contribution in [1.29, 1.82) is 0 Å². The Morgan fingerprint density at radius 1 is 0.767 bits per heavy atom. The van der Waals surface area contributed by atoms with Crippen LogP contribution in [0, 0.1) is 6.92 Å². The number of methoxy groups -OCH3 is 2. The number of benzene rings is 2. The molecule has 0 saturated carbocycles.